The Kier molecular flexibility index (Phi) is 4.15. The van der Waals surface area contributed by atoms with Crippen molar-refractivity contribution in [3.63, 3.8) is 0 Å². The maximum atomic E-state index is 11.5. The maximum absolute atomic E-state index is 11.5. The summed E-state index contributed by atoms with van der Waals surface area (Å²) in [4.78, 5) is 4.41. The van der Waals surface area contributed by atoms with Crippen LogP contribution in [0.5, 0.6) is 0 Å². The molecule has 1 saturated heterocycles. The van der Waals surface area contributed by atoms with Crippen LogP contribution in [0, 0.1) is 0 Å². The molecule has 1 fully saturated rings. The summed E-state index contributed by atoms with van der Waals surface area (Å²) in [6.07, 6.45) is 4.10. The largest absolute Gasteiger partial charge is 0.305 e. The van der Waals surface area contributed by atoms with E-state index in [0.29, 0.717) is 18.8 Å². The van der Waals surface area contributed by atoms with Gasteiger partial charge in [0.15, 0.2) is 9.84 Å². The standard InChI is InChI=1S/C8H17NO3S/c9-12-6-3-5-8-4-1-2-7-13(8,10)11/h8H,1-7,9H2. The lowest BCUT2D eigenvalue weighted by molar-refractivity contribution is 0.133. The Morgan fingerprint density at radius 1 is 1.38 bits per heavy atom. The third-order valence-corrected chi connectivity index (χ3v) is 4.85. The van der Waals surface area contributed by atoms with Crippen molar-refractivity contribution in [2.24, 2.45) is 5.90 Å². The monoisotopic (exact) mass is 207 g/mol. The SMILES string of the molecule is NOCCCC1CCCCS1(=O)=O. The second kappa shape index (κ2) is 4.93. The Morgan fingerprint density at radius 3 is 2.77 bits per heavy atom. The van der Waals surface area contributed by atoms with Crippen molar-refractivity contribution in [1.82, 2.24) is 0 Å². The van der Waals surface area contributed by atoms with E-state index in [0.717, 1.165) is 25.7 Å². The fourth-order valence-electron chi connectivity index (χ4n) is 1.74. The van der Waals surface area contributed by atoms with Gasteiger partial charge >= 0.3 is 0 Å². The number of sulfone groups is 1. The molecule has 0 aromatic heterocycles. The van der Waals surface area contributed by atoms with Crippen molar-refractivity contribution < 1.29 is 13.3 Å². The molecular formula is C8H17NO3S. The molecule has 13 heavy (non-hydrogen) atoms. The summed E-state index contributed by atoms with van der Waals surface area (Å²) in [5.41, 5.74) is 0. The molecule has 0 radical (unpaired) electrons. The van der Waals surface area contributed by atoms with E-state index in [2.05, 4.69) is 4.84 Å². The van der Waals surface area contributed by atoms with Gasteiger partial charge in [0.2, 0.25) is 0 Å². The van der Waals surface area contributed by atoms with Gasteiger partial charge in [-0.15, -0.1) is 0 Å². The Bertz CT molecular complexity index is 238. The minimum atomic E-state index is -2.80. The summed E-state index contributed by atoms with van der Waals surface area (Å²) < 4.78 is 23.0. The molecule has 1 atom stereocenters. The summed E-state index contributed by atoms with van der Waals surface area (Å²) in [6.45, 7) is 0.450. The number of nitrogens with two attached hydrogens (primary N) is 1. The van der Waals surface area contributed by atoms with E-state index in [-0.39, 0.29) is 5.25 Å². The van der Waals surface area contributed by atoms with Crippen molar-refractivity contribution in [3.05, 3.63) is 0 Å². The maximum Gasteiger partial charge on any atom is 0.153 e. The van der Waals surface area contributed by atoms with Crippen LogP contribution in [0.4, 0.5) is 0 Å². The molecule has 4 nitrogen and oxygen atoms in total. The molecule has 0 aliphatic carbocycles. The van der Waals surface area contributed by atoms with Crippen LogP contribution >= 0.6 is 0 Å². The van der Waals surface area contributed by atoms with E-state index in [9.17, 15) is 8.42 Å². The van der Waals surface area contributed by atoms with Crippen molar-refractivity contribution in [3.8, 4) is 0 Å². The molecule has 1 rings (SSSR count). The van der Waals surface area contributed by atoms with Crippen molar-refractivity contribution in [1.29, 1.82) is 0 Å². The zero-order valence-corrected chi connectivity index (χ0v) is 8.55. The number of hydrogen-bond acceptors (Lipinski definition) is 4. The number of rotatable bonds is 4. The highest BCUT2D eigenvalue weighted by molar-refractivity contribution is 7.92. The van der Waals surface area contributed by atoms with Gasteiger partial charge < -0.3 is 4.84 Å². The molecule has 0 spiro atoms. The van der Waals surface area contributed by atoms with Gasteiger partial charge in [-0.25, -0.2) is 14.3 Å². The average molecular weight is 207 g/mol. The van der Waals surface area contributed by atoms with Crippen LogP contribution in [0.1, 0.15) is 32.1 Å². The summed E-state index contributed by atoms with van der Waals surface area (Å²) >= 11 is 0. The Balaban J connectivity index is 2.38. The van der Waals surface area contributed by atoms with Crippen LogP contribution < -0.4 is 5.90 Å². The van der Waals surface area contributed by atoms with E-state index in [1.54, 1.807) is 0 Å². The predicted molar refractivity (Wildman–Crippen MR) is 50.8 cm³/mol. The molecule has 0 amide bonds. The van der Waals surface area contributed by atoms with Gasteiger partial charge in [0, 0.05) is 0 Å². The first-order chi connectivity index (χ1) is 6.17. The van der Waals surface area contributed by atoms with Crippen LogP contribution in [-0.2, 0) is 14.7 Å². The first-order valence-electron chi connectivity index (χ1n) is 4.70. The van der Waals surface area contributed by atoms with E-state index < -0.39 is 9.84 Å². The van der Waals surface area contributed by atoms with Crippen molar-refractivity contribution in [2.75, 3.05) is 12.4 Å². The van der Waals surface area contributed by atoms with Crippen LogP contribution in [0.25, 0.3) is 0 Å². The lowest BCUT2D eigenvalue weighted by Crippen LogP contribution is -2.28. The highest BCUT2D eigenvalue weighted by Crippen LogP contribution is 2.22. The van der Waals surface area contributed by atoms with Crippen molar-refractivity contribution in [2.45, 2.75) is 37.4 Å². The molecule has 5 heteroatoms. The molecule has 1 heterocycles. The quantitative estimate of drug-likeness (QED) is 0.542. The zero-order valence-electron chi connectivity index (χ0n) is 7.74. The van der Waals surface area contributed by atoms with Gasteiger partial charge in [-0.3, -0.25) is 0 Å². The molecule has 1 aliphatic heterocycles. The first kappa shape index (κ1) is 10.9. The van der Waals surface area contributed by atoms with Gasteiger partial charge in [0.05, 0.1) is 17.6 Å². The summed E-state index contributed by atoms with van der Waals surface area (Å²) in [7, 11) is -2.80. The molecule has 0 aromatic rings. The minimum Gasteiger partial charge on any atom is -0.305 e. The summed E-state index contributed by atoms with van der Waals surface area (Å²) in [6, 6.07) is 0. The molecule has 1 unspecified atom stereocenters. The predicted octanol–water partition coefficient (Wildman–Crippen LogP) is 0.624. The Labute approximate surface area is 79.3 Å². The van der Waals surface area contributed by atoms with Crippen LogP contribution in [0.2, 0.25) is 0 Å². The molecule has 78 valence electrons. The van der Waals surface area contributed by atoms with Gasteiger partial charge in [-0.05, 0) is 25.7 Å². The topological polar surface area (TPSA) is 69.4 Å². The summed E-state index contributed by atoms with van der Waals surface area (Å²) in [5.74, 6) is 5.22. The fraction of sp³-hybridized carbons (Fsp3) is 1.00. The first-order valence-corrected chi connectivity index (χ1v) is 6.41. The third-order valence-electron chi connectivity index (χ3n) is 2.50. The van der Waals surface area contributed by atoms with E-state index in [1.807, 2.05) is 0 Å². The lowest BCUT2D eigenvalue weighted by Gasteiger charge is -2.21. The normalized spacial score (nSPS) is 27.3. The van der Waals surface area contributed by atoms with E-state index >= 15 is 0 Å². The zero-order chi connectivity index (χ0) is 9.73. The van der Waals surface area contributed by atoms with Crippen LogP contribution in [-0.4, -0.2) is 26.0 Å². The van der Waals surface area contributed by atoms with Gasteiger partial charge in [0.1, 0.15) is 0 Å². The van der Waals surface area contributed by atoms with E-state index in [1.165, 1.54) is 0 Å². The van der Waals surface area contributed by atoms with Gasteiger partial charge in [0.25, 0.3) is 0 Å². The highest BCUT2D eigenvalue weighted by Gasteiger charge is 2.27. The second-order valence-corrected chi connectivity index (χ2v) is 5.90. The average Bonchev–Trinajstić information content (AvgIpc) is 2.08. The molecular weight excluding hydrogens is 190 g/mol. The highest BCUT2D eigenvalue weighted by atomic mass is 32.2. The number of hydrogen-bond donors (Lipinski definition) is 1. The molecule has 2 N–H and O–H groups in total. The van der Waals surface area contributed by atoms with E-state index in [4.69, 9.17) is 5.90 Å². The second-order valence-electron chi connectivity index (χ2n) is 3.50. The molecule has 0 bridgehead atoms. The molecule has 0 saturated carbocycles. The Morgan fingerprint density at radius 2 is 2.15 bits per heavy atom. The van der Waals surface area contributed by atoms with Gasteiger partial charge in [-0.2, -0.15) is 0 Å². The minimum absolute atomic E-state index is 0.142. The van der Waals surface area contributed by atoms with Crippen molar-refractivity contribution >= 4 is 9.84 Å². The Hall–Kier alpha value is -0.130. The summed E-state index contributed by atoms with van der Waals surface area (Å²) in [5, 5.41) is -0.142. The fourth-order valence-corrected chi connectivity index (χ4v) is 3.73. The third kappa shape index (κ3) is 3.25. The van der Waals surface area contributed by atoms with Crippen LogP contribution in [0.3, 0.4) is 0 Å². The van der Waals surface area contributed by atoms with Gasteiger partial charge in [-0.1, -0.05) is 6.42 Å². The molecule has 1 aliphatic rings. The smallest absolute Gasteiger partial charge is 0.153 e. The van der Waals surface area contributed by atoms with Crippen LogP contribution in [0.15, 0.2) is 0 Å². The molecule has 0 aromatic carbocycles. The lowest BCUT2D eigenvalue weighted by atomic mass is 10.1.